The van der Waals surface area contributed by atoms with Crippen molar-refractivity contribution in [1.82, 2.24) is 0 Å². The Balaban J connectivity index is 1.74. The predicted octanol–water partition coefficient (Wildman–Crippen LogP) is 4.40. The maximum atomic E-state index is 13.0. The molecule has 0 spiro atoms. The van der Waals surface area contributed by atoms with Crippen LogP contribution < -0.4 is 10.1 Å². The summed E-state index contributed by atoms with van der Waals surface area (Å²) in [5, 5.41) is 2.74. The smallest absolute Gasteiger partial charge is 0.318 e. The Hall–Kier alpha value is -3.60. The van der Waals surface area contributed by atoms with E-state index in [1.807, 2.05) is 60.7 Å². The van der Waals surface area contributed by atoms with Gasteiger partial charge in [0.25, 0.3) is 5.91 Å². The van der Waals surface area contributed by atoms with Crippen LogP contribution in [-0.4, -0.2) is 25.1 Å². The summed E-state index contributed by atoms with van der Waals surface area (Å²) in [5.41, 5.74) is 2.19. The Morgan fingerprint density at radius 1 is 0.828 bits per heavy atom. The number of benzene rings is 3. The fraction of sp³-hybridized carbons (Fsp3) is 0.167. The quantitative estimate of drug-likeness (QED) is 0.609. The molecular weight excluding hydrogens is 366 g/mol. The molecule has 0 heterocycles. The van der Waals surface area contributed by atoms with Gasteiger partial charge in [0.2, 0.25) is 0 Å². The van der Waals surface area contributed by atoms with E-state index < -0.39 is 23.9 Å². The second kappa shape index (κ2) is 9.55. The van der Waals surface area contributed by atoms with Crippen LogP contribution in [0.1, 0.15) is 24.0 Å². The van der Waals surface area contributed by atoms with E-state index in [0.29, 0.717) is 11.4 Å². The third-order valence-corrected chi connectivity index (χ3v) is 4.50. The van der Waals surface area contributed by atoms with Gasteiger partial charge >= 0.3 is 5.97 Å². The zero-order valence-electron chi connectivity index (χ0n) is 16.4. The molecule has 1 atom stereocenters. The molecule has 0 aromatic heterocycles. The Bertz CT molecular complexity index is 917. The van der Waals surface area contributed by atoms with Gasteiger partial charge in [-0.15, -0.1) is 0 Å². The molecule has 0 radical (unpaired) electrons. The van der Waals surface area contributed by atoms with Crippen LogP contribution in [0.2, 0.25) is 0 Å². The molecule has 5 heteroatoms. The van der Waals surface area contributed by atoms with E-state index in [-0.39, 0.29) is 0 Å². The summed E-state index contributed by atoms with van der Waals surface area (Å²) in [6, 6.07) is 25.8. The van der Waals surface area contributed by atoms with E-state index in [0.717, 1.165) is 11.1 Å². The van der Waals surface area contributed by atoms with Crippen LogP contribution in [0.15, 0.2) is 84.9 Å². The van der Waals surface area contributed by atoms with Gasteiger partial charge in [0.1, 0.15) is 11.7 Å². The predicted molar refractivity (Wildman–Crippen MR) is 112 cm³/mol. The number of nitrogens with one attached hydrogen (secondary N) is 1. The number of hydrogen-bond donors (Lipinski definition) is 1. The zero-order valence-corrected chi connectivity index (χ0v) is 16.4. The average Bonchev–Trinajstić information content (AvgIpc) is 2.75. The minimum atomic E-state index is -0.955. The number of carbonyl (C=O) groups excluding carboxylic acids is 2. The summed E-state index contributed by atoms with van der Waals surface area (Å²) < 4.78 is 10.7. The average molecular weight is 389 g/mol. The Morgan fingerprint density at radius 2 is 1.41 bits per heavy atom. The standard InChI is InChI=1S/C24H23NO4/c1-17(23(26)25-20-14-9-15-21(16-20)28-2)29-24(27)22(18-10-5-3-6-11-18)19-12-7-4-8-13-19/h3-17,22H,1-2H3,(H,25,26)/t17-/m0/s1. The van der Waals surface area contributed by atoms with Crippen molar-refractivity contribution in [3.8, 4) is 5.75 Å². The topological polar surface area (TPSA) is 64.6 Å². The molecule has 0 fully saturated rings. The lowest BCUT2D eigenvalue weighted by molar-refractivity contribution is -0.153. The number of esters is 1. The van der Waals surface area contributed by atoms with Crippen molar-refractivity contribution in [2.24, 2.45) is 0 Å². The molecular formula is C24H23NO4. The van der Waals surface area contributed by atoms with Gasteiger partial charge in [0.05, 0.1) is 7.11 Å². The second-order valence-corrected chi connectivity index (χ2v) is 6.55. The number of rotatable bonds is 7. The van der Waals surface area contributed by atoms with E-state index in [9.17, 15) is 9.59 Å². The lowest BCUT2D eigenvalue weighted by Crippen LogP contribution is -2.32. The normalized spacial score (nSPS) is 11.6. The monoisotopic (exact) mass is 389 g/mol. The largest absolute Gasteiger partial charge is 0.497 e. The van der Waals surface area contributed by atoms with Crippen molar-refractivity contribution >= 4 is 17.6 Å². The first kappa shape index (κ1) is 20.1. The lowest BCUT2D eigenvalue weighted by Gasteiger charge is -2.20. The minimum Gasteiger partial charge on any atom is -0.497 e. The van der Waals surface area contributed by atoms with Crippen LogP contribution in [0.5, 0.6) is 5.75 Å². The first-order valence-electron chi connectivity index (χ1n) is 9.34. The van der Waals surface area contributed by atoms with E-state index in [1.165, 1.54) is 0 Å². The second-order valence-electron chi connectivity index (χ2n) is 6.55. The number of methoxy groups -OCH3 is 1. The maximum Gasteiger partial charge on any atom is 0.318 e. The molecule has 0 aliphatic carbocycles. The van der Waals surface area contributed by atoms with Crippen molar-refractivity contribution in [2.75, 3.05) is 12.4 Å². The molecule has 0 aliphatic heterocycles. The Morgan fingerprint density at radius 3 is 1.97 bits per heavy atom. The summed E-state index contributed by atoms with van der Waals surface area (Å²) in [4.78, 5) is 25.5. The third-order valence-electron chi connectivity index (χ3n) is 4.50. The van der Waals surface area contributed by atoms with Gasteiger partial charge in [0, 0.05) is 11.8 Å². The molecule has 0 saturated heterocycles. The molecule has 0 saturated carbocycles. The first-order valence-corrected chi connectivity index (χ1v) is 9.34. The van der Waals surface area contributed by atoms with E-state index in [2.05, 4.69) is 5.32 Å². The number of hydrogen-bond acceptors (Lipinski definition) is 4. The van der Waals surface area contributed by atoms with Crippen LogP contribution in [0, 0.1) is 0 Å². The number of anilines is 1. The molecule has 3 aromatic rings. The summed E-state index contributed by atoms with van der Waals surface area (Å²) in [7, 11) is 1.55. The summed E-state index contributed by atoms with van der Waals surface area (Å²) in [6.45, 7) is 1.56. The number of carbonyl (C=O) groups is 2. The molecule has 1 N–H and O–H groups in total. The molecule has 29 heavy (non-hydrogen) atoms. The lowest BCUT2D eigenvalue weighted by atomic mass is 9.91. The maximum absolute atomic E-state index is 13.0. The molecule has 1 amide bonds. The van der Waals surface area contributed by atoms with Gasteiger partial charge in [-0.25, -0.2) is 0 Å². The fourth-order valence-electron chi connectivity index (χ4n) is 3.00. The van der Waals surface area contributed by atoms with E-state index >= 15 is 0 Å². The van der Waals surface area contributed by atoms with Crippen LogP contribution in [0.25, 0.3) is 0 Å². The van der Waals surface area contributed by atoms with E-state index in [4.69, 9.17) is 9.47 Å². The van der Waals surface area contributed by atoms with Crippen molar-refractivity contribution in [3.05, 3.63) is 96.1 Å². The highest BCUT2D eigenvalue weighted by Crippen LogP contribution is 2.26. The summed E-state index contributed by atoms with van der Waals surface area (Å²) >= 11 is 0. The molecule has 148 valence electrons. The number of ether oxygens (including phenoxy) is 2. The van der Waals surface area contributed by atoms with Gasteiger partial charge < -0.3 is 14.8 Å². The van der Waals surface area contributed by atoms with Crippen LogP contribution in [0.3, 0.4) is 0 Å². The van der Waals surface area contributed by atoms with Gasteiger partial charge in [0.15, 0.2) is 6.10 Å². The fourth-order valence-corrected chi connectivity index (χ4v) is 3.00. The molecule has 0 unspecified atom stereocenters. The first-order chi connectivity index (χ1) is 14.1. The summed E-state index contributed by atoms with van der Waals surface area (Å²) in [6.07, 6.45) is -0.955. The van der Waals surface area contributed by atoms with Gasteiger partial charge in [-0.05, 0) is 30.2 Å². The highest BCUT2D eigenvalue weighted by Gasteiger charge is 2.27. The Labute approximate surface area is 170 Å². The highest BCUT2D eigenvalue weighted by atomic mass is 16.5. The molecule has 0 bridgehead atoms. The van der Waals surface area contributed by atoms with Crippen molar-refractivity contribution in [3.63, 3.8) is 0 Å². The minimum absolute atomic E-state index is 0.411. The SMILES string of the molecule is COc1cccc(NC(=O)[C@H](C)OC(=O)C(c2ccccc2)c2ccccc2)c1. The van der Waals surface area contributed by atoms with Crippen LogP contribution >= 0.6 is 0 Å². The van der Waals surface area contributed by atoms with Crippen molar-refractivity contribution < 1.29 is 19.1 Å². The van der Waals surface area contributed by atoms with Crippen molar-refractivity contribution in [2.45, 2.75) is 18.9 Å². The molecule has 3 aromatic carbocycles. The van der Waals surface area contributed by atoms with E-state index in [1.54, 1.807) is 38.3 Å². The Kier molecular flexibility index (Phi) is 6.63. The molecule has 5 nitrogen and oxygen atoms in total. The summed E-state index contributed by atoms with van der Waals surface area (Å²) in [5.74, 6) is -0.868. The molecule has 0 aliphatic rings. The van der Waals surface area contributed by atoms with Crippen LogP contribution in [-0.2, 0) is 14.3 Å². The van der Waals surface area contributed by atoms with Crippen LogP contribution in [0.4, 0.5) is 5.69 Å². The van der Waals surface area contributed by atoms with Gasteiger partial charge in [-0.3, -0.25) is 9.59 Å². The van der Waals surface area contributed by atoms with Gasteiger partial charge in [-0.2, -0.15) is 0 Å². The zero-order chi connectivity index (χ0) is 20.6. The molecule has 3 rings (SSSR count). The highest BCUT2D eigenvalue weighted by molar-refractivity contribution is 5.96. The number of amides is 1. The third kappa shape index (κ3) is 5.23. The van der Waals surface area contributed by atoms with Crippen molar-refractivity contribution in [1.29, 1.82) is 0 Å². The van der Waals surface area contributed by atoms with Gasteiger partial charge in [-0.1, -0.05) is 66.7 Å².